The number of alkyl halides is 2. The van der Waals surface area contributed by atoms with E-state index in [9.17, 15) is 13.6 Å². The smallest absolute Gasteiger partial charge is 0.288 e. The Morgan fingerprint density at radius 2 is 1.90 bits per heavy atom. The van der Waals surface area contributed by atoms with E-state index in [1.54, 1.807) is 24.3 Å². The Morgan fingerprint density at radius 3 is 2.62 bits per heavy atom. The molecule has 1 aromatic heterocycles. The third kappa shape index (κ3) is 6.41. The quantitative estimate of drug-likeness (QED) is 0.412. The van der Waals surface area contributed by atoms with Crippen LogP contribution >= 0.6 is 34.9 Å². The third-order valence-electron chi connectivity index (χ3n) is 3.94. The number of aromatic nitrogens is 2. The van der Waals surface area contributed by atoms with E-state index in [0.717, 1.165) is 22.5 Å². The van der Waals surface area contributed by atoms with Crippen LogP contribution in [0, 0.1) is 13.8 Å². The van der Waals surface area contributed by atoms with Gasteiger partial charge >= 0.3 is 0 Å². The Hall–Kier alpha value is -2.17. The SMILES string of the molecule is Cc1cccc(NC(=O)CSc2nnc(Nc3ccc(SC(F)F)cc3)s2)c1C. The van der Waals surface area contributed by atoms with Crippen LogP contribution in [0.2, 0.25) is 0 Å². The minimum Gasteiger partial charge on any atom is -0.330 e. The van der Waals surface area contributed by atoms with E-state index in [0.29, 0.717) is 26.1 Å². The van der Waals surface area contributed by atoms with Crippen LogP contribution in [0.1, 0.15) is 11.1 Å². The molecule has 0 saturated carbocycles. The highest BCUT2D eigenvalue weighted by Gasteiger charge is 2.11. The number of thioether (sulfide) groups is 2. The van der Waals surface area contributed by atoms with Gasteiger partial charge in [0.2, 0.25) is 11.0 Å². The van der Waals surface area contributed by atoms with Crippen LogP contribution < -0.4 is 10.6 Å². The predicted octanol–water partition coefficient (Wildman–Crippen LogP) is 5.94. The molecule has 29 heavy (non-hydrogen) atoms. The lowest BCUT2D eigenvalue weighted by Gasteiger charge is -2.09. The van der Waals surface area contributed by atoms with Gasteiger partial charge in [0.05, 0.1) is 5.75 Å². The van der Waals surface area contributed by atoms with Crippen molar-refractivity contribution < 1.29 is 13.6 Å². The zero-order valence-corrected chi connectivity index (χ0v) is 18.1. The summed E-state index contributed by atoms with van der Waals surface area (Å²) in [4.78, 5) is 12.7. The van der Waals surface area contributed by atoms with Crippen LogP contribution in [-0.4, -0.2) is 27.6 Å². The zero-order chi connectivity index (χ0) is 20.8. The number of nitrogens with zero attached hydrogens (tertiary/aromatic N) is 2. The Morgan fingerprint density at radius 1 is 1.14 bits per heavy atom. The summed E-state index contributed by atoms with van der Waals surface area (Å²) in [6, 6.07) is 12.4. The maximum absolute atomic E-state index is 12.4. The van der Waals surface area contributed by atoms with Gasteiger partial charge in [-0.2, -0.15) is 8.78 Å². The summed E-state index contributed by atoms with van der Waals surface area (Å²) in [5, 5.41) is 14.7. The maximum Gasteiger partial charge on any atom is 0.288 e. The number of hydrogen-bond acceptors (Lipinski definition) is 7. The van der Waals surface area contributed by atoms with Gasteiger partial charge in [-0.05, 0) is 55.3 Å². The molecule has 3 rings (SSSR count). The van der Waals surface area contributed by atoms with E-state index in [2.05, 4.69) is 20.8 Å². The van der Waals surface area contributed by atoms with Gasteiger partial charge in [-0.25, -0.2) is 0 Å². The fraction of sp³-hybridized carbons (Fsp3) is 0.211. The van der Waals surface area contributed by atoms with Crippen molar-refractivity contribution in [2.24, 2.45) is 0 Å². The van der Waals surface area contributed by atoms with Crippen molar-refractivity contribution in [1.82, 2.24) is 10.2 Å². The molecule has 1 heterocycles. The van der Waals surface area contributed by atoms with Gasteiger partial charge in [0, 0.05) is 16.3 Å². The number of halogens is 2. The molecule has 0 radical (unpaired) electrons. The Balaban J connectivity index is 1.51. The number of hydrogen-bond donors (Lipinski definition) is 2. The van der Waals surface area contributed by atoms with Crippen molar-refractivity contribution in [3.8, 4) is 0 Å². The summed E-state index contributed by atoms with van der Waals surface area (Å²) in [5.41, 5.74) is 3.70. The van der Waals surface area contributed by atoms with Gasteiger partial charge in [0.25, 0.3) is 5.76 Å². The number of carbonyl (C=O) groups is 1. The van der Waals surface area contributed by atoms with Gasteiger partial charge < -0.3 is 10.6 Å². The summed E-state index contributed by atoms with van der Waals surface area (Å²) in [6.45, 7) is 3.97. The molecule has 0 aliphatic rings. The first-order valence-corrected chi connectivity index (χ1v) is 11.2. The highest BCUT2D eigenvalue weighted by Crippen LogP contribution is 2.30. The number of anilines is 3. The second-order valence-electron chi connectivity index (χ2n) is 5.99. The molecular weight excluding hydrogens is 434 g/mol. The largest absolute Gasteiger partial charge is 0.330 e. The average Bonchev–Trinajstić information content (AvgIpc) is 3.12. The summed E-state index contributed by atoms with van der Waals surface area (Å²) in [5.74, 6) is -2.33. The van der Waals surface area contributed by atoms with Crippen molar-refractivity contribution >= 4 is 57.3 Å². The van der Waals surface area contributed by atoms with Crippen LogP contribution in [0.5, 0.6) is 0 Å². The lowest BCUT2D eigenvalue weighted by Crippen LogP contribution is -2.15. The van der Waals surface area contributed by atoms with E-state index in [-0.39, 0.29) is 11.7 Å². The van der Waals surface area contributed by atoms with Gasteiger partial charge in [0.15, 0.2) is 4.34 Å². The first kappa shape index (κ1) is 21.5. The number of rotatable bonds is 8. The van der Waals surface area contributed by atoms with E-state index in [1.807, 2.05) is 32.0 Å². The van der Waals surface area contributed by atoms with Gasteiger partial charge in [-0.15, -0.1) is 10.2 Å². The molecule has 3 aromatic rings. The Labute approximate surface area is 179 Å². The van der Waals surface area contributed by atoms with Crippen LogP contribution in [0.3, 0.4) is 0 Å². The molecule has 5 nitrogen and oxygen atoms in total. The van der Waals surface area contributed by atoms with E-state index in [4.69, 9.17) is 0 Å². The molecular formula is C19H18F2N4OS3. The molecule has 0 fully saturated rings. The summed E-state index contributed by atoms with van der Waals surface area (Å²) >= 11 is 3.13. The van der Waals surface area contributed by atoms with Crippen molar-refractivity contribution in [3.63, 3.8) is 0 Å². The van der Waals surface area contributed by atoms with Crippen molar-refractivity contribution in [1.29, 1.82) is 0 Å². The molecule has 0 unspecified atom stereocenters. The maximum atomic E-state index is 12.4. The van der Waals surface area contributed by atoms with Crippen LogP contribution in [0.4, 0.5) is 25.3 Å². The molecule has 0 saturated heterocycles. The molecule has 2 N–H and O–H groups in total. The molecule has 0 atom stereocenters. The summed E-state index contributed by atoms with van der Waals surface area (Å²) in [6.07, 6.45) is 0. The topological polar surface area (TPSA) is 66.9 Å². The molecule has 0 bridgehead atoms. The fourth-order valence-electron chi connectivity index (χ4n) is 2.36. The lowest BCUT2D eigenvalue weighted by molar-refractivity contribution is -0.113. The van der Waals surface area contributed by atoms with Gasteiger partial charge in [-0.3, -0.25) is 4.79 Å². The second kappa shape index (κ2) is 10.0. The second-order valence-corrected chi connectivity index (χ2v) is 9.25. The molecule has 0 aliphatic heterocycles. The predicted molar refractivity (Wildman–Crippen MR) is 117 cm³/mol. The van der Waals surface area contributed by atoms with Crippen LogP contribution in [-0.2, 0) is 4.79 Å². The lowest BCUT2D eigenvalue weighted by atomic mass is 10.1. The normalized spacial score (nSPS) is 10.9. The fourth-order valence-corrected chi connectivity index (χ4v) is 4.43. The minimum absolute atomic E-state index is 0.111. The van der Waals surface area contributed by atoms with Crippen LogP contribution in [0.15, 0.2) is 51.7 Å². The minimum atomic E-state index is -2.44. The third-order valence-corrected chi connectivity index (χ3v) is 6.64. The number of nitrogens with one attached hydrogen (secondary N) is 2. The average molecular weight is 453 g/mol. The van der Waals surface area contributed by atoms with Gasteiger partial charge in [0.1, 0.15) is 0 Å². The summed E-state index contributed by atoms with van der Waals surface area (Å²) < 4.78 is 25.4. The first-order chi connectivity index (χ1) is 13.9. The summed E-state index contributed by atoms with van der Waals surface area (Å²) in [7, 11) is 0. The molecule has 1 amide bonds. The van der Waals surface area contributed by atoms with Crippen molar-refractivity contribution in [2.75, 3.05) is 16.4 Å². The van der Waals surface area contributed by atoms with E-state index < -0.39 is 5.76 Å². The highest BCUT2D eigenvalue weighted by atomic mass is 32.2. The molecule has 0 spiro atoms. The molecule has 10 heteroatoms. The van der Waals surface area contributed by atoms with Crippen molar-refractivity contribution in [2.45, 2.75) is 28.8 Å². The van der Waals surface area contributed by atoms with E-state index in [1.165, 1.54) is 23.1 Å². The van der Waals surface area contributed by atoms with E-state index >= 15 is 0 Å². The Kier molecular flexibility index (Phi) is 7.45. The zero-order valence-electron chi connectivity index (χ0n) is 15.6. The number of amides is 1. The first-order valence-electron chi connectivity index (χ1n) is 8.55. The standard InChI is InChI=1S/C19H18F2N4OS3/c1-11-4-3-5-15(12(11)2)23-16(26)10-27-19-25-24-18(29-19)22-13-6-8-14(9-7-13)28-17(20)21/h3-9,17H,10H2,1-2H3,(H,22,24)(H,23,26). The van der Waals surface area contributed by atoms with Crippen LogP contribution in [0.25, 0.3) is 0 Å². The number of aryl methyl sites for hydroxylation is 1. The van der Waals surface area contributed by atoms with Crippen molar-refractivity contribution in [3.05, 3.63) is 53.6 Å². The monoisotopic (exact) mass is 452 g/mol. The molecule has 152 valence electrons. The van der Waals surface area contributed by atoms with Gasteiger partial charge in [-0.1, -0.05) is 47.0 Å². The highest BCUT2D eigenvalue weighted by molar-refractivity contribution is 8.01. The Bertz CT molecular complexity index is 980. The molecule has 2 aromatic carbocycles. The molecule has 0 aliphatic carbocycles. The number of carbonyl (C=O) groups excluding carboxylic acids is 1. The number of benzene rings is 2.